The molecule has 26 heavy (non-hydrogen) atoms. The molecular weight excluding hydrogens is 358 g/mol. The maximum absolute atomic E-state index is 12.3. The van der Waals surface area contributed by atoms with Crippen LogP contribution in [0.3, 0.4) is 0 Å². The van der Waals surface area contributed by atoms with Gasteiger partial charge >= 0.3 is 0 Å². The summed E-state index contributed by atoms with van der Waals surface area (Å²) < 4.78 is 31.6. The third-order valence-corrected chi connectivity index (χ3v) is 4.56. The molecule has 0 radical (unpaired) electrons. The Hall–Kier alpha value is -3.38. The highest BCUT2D eigenvalue weighted by atomic mass is 32.2. The number of ether oxygens (including phenoxy) is 1. The van der Waals surface area contributed by atoms with Gasteiger partial charge in [0.25, 0.3) is 21.8 Å². The van der Waals surface area contributed by atoms with E-state index in [1.807, 2.05) is 4.72 Å². The Balaban J connectivity index is 2.18. The summed E-state index contributed by atoms with van der Waals surface area (Å²) in [6, 6.07) is 7.91. The fraction of sp³-hybridized carbons (Fsp3) is 0.118. The number of hydrogen-bond acceptors (Lipinski definition) is 6. The lowest BCUT2D eigenvalue weighted by atomic mass is 10.2. The quantitative estimate of drug-likeness (QED) is 0.716. The predicted molar refractivity (Wildman–Crippen MR) is 93.0 cm³/mol. The fourth-order valence-corrected chi connectivity index (χ4v) is 2.95. The van der Waals surface area contributed by atoms with E-state index in [-0.39, 0.29) is 28.4 Å². The van der Waals surface area contributed by atoms with Crippen molar-refractivity contribution >= 4 is 21.8 Å². The molecule has 0 aliphatic heterocycles. The highest BCUT2D eigenvalue weighted by Crippen LogP contribution is 2.16. The summed E-state index contributed by atoms with van der Waals surface area (Å²) in [7, 11) is -2.82. The molecule has 9 heteroatoms. The van der Waals surface area contributed by atoms with Gasteiger partial charge in [-0.2, -0.15) is 0 Å². The summed E-state index contributed by atoms with van der Waals surface area (Å²) in [5, 5.41) is 2.46. The molecular formula is C17H15N3O5S. The van der Waals surface area contributed by atoms with Gasteiger partial charge in [0.2, 0.25) is 5.88 Å². The molecule has 0 atom stereocenters. The Morgan fingerprint density at radius 2 is 1.88 bits per heavy atom. The molecule has 1 aromatic heterocycles. The zero-order valence-corrected chi connectivity index (χ0v) is 14.5. The molecule has 0 saturated carbocycles. The molecule has 0 fully saturated rings. The summed E-state index contributed by atoms with van der Waals surface area (Å²) in [6.45, 7) is 0.0574. The van der Waals surface area contributed by atoms with Gasteiger partial charge in [0, 0.05) is 11.8 Å². The molecule has 2 rings (SSSR count). The van der Waals surface area contributed by atoms with Crippen molar-refractivity contribution in [3.05, 3.63) is 53.7 Å². The van der Waals surface area contributed by atoms with Crippen LogP contribution in [0.4, 0.5) is 0 Å². The number of nitrogens with one attached hydrogen (secondary N) is 2. The zero-order chi connectivity index (χ0) is 19.2. The van der Waals surface area contributed by atoms with Crippen LogP contribution >= 0.6 is 0 Å². The monoisotopic (exact) mass is 373 g/mol. The number of carbonyl (C=O) groups excluding carboxylic acids is 2. The van der Waals surface area contributed by atoms with Crippen LogP contribution in [0.5, 0.6) is 5.88 Å². The Labute approximate surface area is 150 Å². The van der Waals surface area contributed by atoms with E-state index in [4.69, 9.17) is 11.2 Å². The van der Waals surface area contributed by atoms with Crippen LogP contribution in [-0.4, -0.2) is 38.9 Å². The summed E-state index contributed by atoms with van der Waals surface area (Å²) in [5.41, 5.74) is 0.211. The van der Waals surface area contributed by atoms with Crippen LogP contribution in [0.25, 0.3) is 0 Å². The standard InChI is InChI=1S/C17H15N3O5S/c1-3-10-18-15(21)12-6-8-13(9-7-12)26(23,24)20-16(22)14-5-4-11-19-17(14)25-2/h1,4-9,11H,10H2,2H3,(H,18,21)(H,20,22). The van der Waals surface area contributed by atoms with Crippen LogP contribution in [-0.2, 0) is 10.0 Å². The minimum atomic E-state index is -4.14. The number of hydrogen-bond donors (Lipinski definition) is 2. The topological polar surface area (TPSA) is 114 Å². The van der Waals surface area contributed by atoms with Gasteiger partial charge in [-0.1, -0.05) is 5.92 Å². The molecule has 0 bridgehead atoms. The second-order valence-electron chi connectivity index (χ2n) is 4.91. The first-order valence-electron chi connectivity index (χ1n) is 7.27. The number of terminal acetylenes is 1. The summed E-state index contributed by atoms with van der Waals surface area (Å²) in [5.74, 6) is 0.943. The summed E-state index contributed by atoms with van der Waals surface area (Å²) >= 11 is 0. The van der Waals surface area contributed by atoms with Crippen molar-refractivity contribution in [2.45, 2.75) is 4.90 Å². The normalized spacial score (nSPS) is 10.5. The molecule has 2 aromatic rings. The van der Waals surface area contributed by atoms with Gasteiger partial charge in [0.05, 0.1) is 18.6 Å². The number of benzene rings is 1. The third kappa shape index (κ3) is 4.37. The van der Waals surface area contributed by atoms with E-state index in [2.05, 4.69) is 16.2 Å². The van der Waals surface area contributed by atoms with Gasteiger partial charge < -0.3 is 10.1 Å². The summed E-state index contributed by atoms with van der Waals surface area (Å²) in [6.07, 6.45) is 6.46. The maximum atomic E-state index is 12.3. The molecule has 0 saturated heterocycles. The lowest BCUT2D eigenvalue weighted by Gasteiger charge is -2.09. The van der Waals surface area contributed by atoms with Crippen molar-refractivity contribution in [2.75, 3.05) is 13.7 Å². The largest absolute Gasteiger partial charge is 0.480 e. The molecule has 1 aromatic carbocycles. The number of nitrogens with zero attached hydrogens (tertiary/aromatic N) is 1. The molecule has 2 N–H and O–H groups in total. The first-order valence-corrected chi connectivity index (χ1v) is 8.75. The third-order valence-electron chi connectivity index (χ3n) is 3.21. The SMILES string of the molecule is C#CCNC(=O)c1ccc(S(=O)(=O)NC(=O)c2cccnc2OC)cc1. The number of sulfonamides is 1. The Kier molecular flexibility index (Phi) is 5.93. The molecule has 0 unspecified atom stereocenters. The molecule has 134 valence electrons. The Morgan fingerprint density at radius 3 is 2.50 bits per heavy atom. The van der Waals surface area contributed by atoms with Crippen molar-refractivity contribution < 1.29 is 22.7 Å². The zero-order valence-electron chi connectivity index (χ0n) is 13.7. The van der Waals surface area contributed by atoms with Crippen molar-refractivity contribution in [2.24, 2.45) is 0 Å². The average Bonchev–Trinajstić information content (AvgIpc) is 2.65. The van der Waals surface area contributed by atoms with Crippen molar-refractivity contribution in [3.8, 4) is 18.2 Å². The lowest BCUT2D eigenvalue weighted by Crippen LogP contribution is -2.31. The highest BCUT2D eigenvalue weighted by Gasteiger charge is 2.21. The number of carbonyl (C=O) groups is 2. The van der Waals surface area contributed by atoms with Gasteiger partial charge in [0.15, 0.2) is 0 Å². The minimum Gasteiger partial charge on any atom is -0.480 e. The van der Waals surface area contributed by atoms with E-state index in [1.165, 1.54) is 49.7 Å². The van der Waals surface area contributed by atoms with Crippen LogP contribution in [0.1, 0.15) is 20.7 Å². The first kappa shape index (κ1) is 19.0. The fourth-order valence-electron chi connectivity index (χ4n) is 1.98. The van der Waals surface area contributed by atoms with E-state index in [9.17, 15) is 18.0 Å². The molecule has 0 spiro atoms. The lowest BCUT2D eigenvalue weighted by molar-refractivity contribution is 0.0955. The van der Waals surface area contributed by atoms with E-state index in [0.717, 1.165) is 0 Å². The van der Waals surface area contributed by atoms with E-state index in [0.29, 0.717) is 0 Å². The summed E-state index contributed by atoms with van der Waals surface area (Å²) in [4.78, 5) is 27.6. The van der Waals surface area contributed by atoms with E-state index < -0.39 is 21.8 Å². The Morgan fingerprint density at radius 1 is 1.19 bits per heavy atom. The minimum absolute atomic E-state index is 0.000678. The molecule has 2 amide bonds. The van der Waals surface area contributed by atoms with Gasteiger partial charge in [0.1, 0.15) is 5.56 Å². The van der Waals surface area contributed by atoms with Gasteiger partial charge in [-0.05, 0) is 36.4 Å². The molecule has 0 aliphatic carbocycles. The van der Waals surface area contributed by atoms with Crippen molar-refractivity contribution in [3.63, 3.8) is 0 Å². The predicted octanol–water partition coefficient (Wildman–Crippen LogP) is 0.572. The van der Waals surface area contributed by atoms with Gasteiger partial charge in [-0.15, -0.1) is 6.42 Å². The van der Waals surface area contributed by atoms with Crippen LogP contribution < -0.4 is 14.8 Å². The molecule has 0 aliphatic rings. The van der Waals surface area contributed by atoms with Crippen molar-refractivity contribution in [1.29, 1.82) is 0 Å². The smallest absolute Gasteiger partial charge is 0.270 e. The number of aromatic nitrogens is 1. The second kappa shape index (κ2) is 8.13. The Bertz CT molecular complexity index is 963. The van der Waals surface area contributed by atoms with Gasteiger partial charge in [-0.3, -0.25) is 9.59 Å². The number of rotatable bonds is 6. The second-order valence-corrected chi connectivity index (χ2v) is 6.59. The van der Waals surface area contributed by atoms with Gasteiger partial charge in [-0.25, -0.2) is 18.1 Å². The number of amides is 2. The van der Waals surface area contributed by atoms with E-state index >= 15 is 0 Å². The molecule has 8 nitrogen and oxygen atoms in total. The number of methoxy groups -OCH3 is 1. The molecule has 1 heterocycles. The first-order chi connectivity index (χ1) is 12.4. The van der Waals surface area contributed by atoms with Crippen LogP contribution in [0, 0.1) is 12.3 Å². The maximum Gasteiger partial charge on any atom is 0.270 e. The van der Waals surface area contributed by atoms with Crippen LogP contribution in [0.2, 0.25) is 0 Å². The highest BCUT2D eigenvalue weighted by molar-refractivity contribution is 7.90. The van der Waals surface area contributed by atoms with Crippen LogP contribution in [0.15, 0.2) is 47.5 Å². The van der Waals surface area contributed by atoms with E-state index in [1.54, 1.807) is 0 Å². The number of pyridine rings is 1. The van der Waals surface area contributed by atoms with Crippen molar-refractivity contribution in [1.82, 2.24) is 15.0 Å². The average molecular weight is 373 g/mol.